The molecule has 1 aliphatic carbocycles. The van der Waals surface area contributed by atoms with Gasteiger partial charge in [-0.3, -0.25) is 0 Å². The molecule has 2 aliphatic rings. The van der Waals surface area contributed by atoms with Gasteiger partial charge in [0.05, 0.1) is 12.7 Å². The van der Waals surface area contributed by atoms with Crippen LogP contribution in [0.2, 0.25) is 0 Å². The Morgan fingerprint density at radius 3 is 1.92 bits per heavy atom. The predicted molar refractivity (Wildman–Crippen MR) is 108 cm³/mol. The third kappa shape index (κ3) is 8.27. The van der Waals surface area contributed by atoms with Crippen LogP contribution >= 0.6 is 0 Å². The minimum Gasteiger partial charge on any atom is -0.390 e. The maximum Gasteiger partial charge on any atom is 0.169 e. The zero-order valence-corrected chi connectivity index (χ0v) is 17.4. The normalized spacial score (nSPS) is 23.5. The van der Waals surface area contributed by atoms with E-state index >= 15 is 0 Å². The summed E-state index contributed by atoms with van der Waals surface area (Å²) >= 11 is 0. The molecule has 1 spiro atoms. The van der Waals surface area contributed by atoms with Crippen molar-refractivity contribution in [3.05, 3.63) is 0 Å². The number of rotatable bonds is 14. The van der Waals surface area contributed by atoms with Crippen LogP contribution in [0, 0.1) is 0 Å². The number of hydrogen-bond acceptors (Lipinski definition) is 3. The SMILES string of the molecule is CCCCCCCCCCCCCC[C@H](O)[C@@H]1COC2(CCCCC2)O1. The summed E-state index contributed by atoms with van der Waals surface area (Å²) < 4.78 is 12.1. The molecule has 1 aliphatic heterocycles. The quantitative estimate of drug-likeness (QED) is 0.355. The van der Waals surface area contributed by atoms with Crippen LogP contribution in [-0.4, -0.2) is 29.7 Å². The monoisotopic (exact) mass is 368 g/mol. The van der Waals surface area contributed by atoms with Gasteiger partial charge in [0.25, 0.3) is 0 Å². The Labute approximate surface area is 162 Å². The van der Waals surface area contributed by atoms with Crippen molar-refractivity contribution >= 4 is 0 Å². The molecule has 2 atom stereocenters. The van der Waals surface area contributed by atoms with Crippen LogP contribution in [0.5, 0.6) is 0 Å². The van der Waals surface area contributed by atoms with Crippen molar-refractivity contribution in [3.63, 3.8) is 0 Å². The van der Waals surface area contributed by atoms with E-state index in [0.29, 0.717) is 6.61 Å². The molecule has 0 unspecified atom stereocenters. The molecule has 2 rings (SSSR count). The van der Waals surface area contributed by atoms with E-state index in [1.54, 1.807) is 0 Å². The smallest absolute Gasteiger partial charge is 0.169 e. The number of ether oxygens (including phenoxy) is 2. The third-order valence-electron chi connectivity index (χ3n) is 6.27. The second-order valence-corrected chi connectivity index (χ2v) is 8.68. The summed E-state index contributed by atoms with van der Waals surface area (Å²) in [6.07, 6.45) is 22.4. The van der Waals surface area contributed by atoms with Crippen molar-refractivity contribution < 1.29 is 14.6 Å². The first-order valence-corrected chi connectivity index (χ1v) is 11.8. The second-order valence-electron chi connectivity index (χ2n) is 8.68. The molecular formula is C23H44O3. The lowest BCUT2D eigenvalue weighted by atomic mass is 9.94. The zero-order chi connectivity index (χ0) is 18.5. The van der Waals surface area contributed by atoms with E-state index in [2.05, 4.69) is 6.92 Å². The van der Waals surface area contributed by atoms with Crippen molar-refractivity contribution in [3.8, 4) is 0 Å². The molecule has 1 saturated carbocycles. The van der Waals surface area contributed by atoms with Crippen LogP contribution in [0.3, 0.4) is 0 Å². The molecule has 1 heterocycles. The van der Waals surface area contributed by atoms with Crippen molar-refractivity contribution in [2.75, 3.05) is 6.61 Å². The Morgan fingerprint density at radius 1 is 0.808 bits per heavy atom. The lowest BCUT2D eigenvalue weighted by Gasteiger charge is -2.32. The minimum atomic E-state index is -0.348. The van der Waals surface area contributed by atoms with Gasteiger partial charge in [-0.25, -0.2) is 0 Å². The highest BCUT2D eigenvalue weighted by atomic mass is 16.7. The standard InChI is InChI=1S/C23H44O3/c1-2-3-4-5-6-7-8-9-10-11-12-14-17-21(24)22-20-25-23(26-22)18-15-13-16-19-23/h21-22,24H,2-20H2,1H3/t21-,22-/m0/s1. The fourth-order valence-corrected chi connectivity index (χ4v) is 4.50. The van der Waals surface area contributed by atoms with Gasteiger partial charge in [0.1, 0.15) is 6.10 Å². The average molecular weight is 369 g/mol. The molecule has 2 fully saturated rings. The first-order valence-electron chi connectivity index (χ1n) is 11.8. The van der Waals surface area contributed by atoms with Crippen molar-refractivity contribution in [1.29, 1.82) is 0 Å². The van der Waals surface area contributed by atoms with Gasteiger partial charge in [-0.05, 0) is 19.3 Å². The summed E-state index contributed by atoms with van der Waals surface area (Å²) in [4.78, 5) is 0. The molecule has 0 amide bonds. The zero-order valence-electron chi connectivity index (χ0n) is 17.4. The summed E-state index contributed by atoms with van der Waals surface area (Å²) in [5.41, 5.74) is 0. The fraction of sp³-hybridized carbons (Fsp3) is 1.00. The number of aliphatic hydroxyl groups is 1. The van der Waals surface area contributed by atoms with Gasteiger partial charge in [-0.1, -0.05) is 90.4 Å². The van der Waals surface area contributed by atoms with Crippen LogP contribution in [-0.2, 0) is 9.47 Å². The highest BCUT2D eigenvalue weighted by Gasteiger charge is 2.44. The van der Waals surface area contributed by atoms with Crippen molar-refractivity contribution in [2.45, 2.75) is 140 Å². The third-order valence-corrected chi connectivity index (χ3v) is 6.27. The van der Waals surface area contributed by atoms with Crippen LogP contribution in [0.25, 0.3) is 0 Å². The molecule has 26 heavy (non-hydrogen) atoms. The van der Waals surface area contributed by atoms with E-state index in [-0.39, 0.29) is 18.0 Å². The topological polar surface area (TPSA) is 38.7 Å². The van der Waals surface area contributed by atoms with Crippen molar-refractivity contribution in [1.82, 2.24) is 0 Å². The first-order chi connectivity index (χ1) is 12.8. The molecule has 154 valence electrons. The second kappa shape index (κ2) is 13.1. The Hall–Kier alpha value is -0.120. The molecule has 0 aromatic heterocycles. The van der Waals surface area contributed by atoms with Crippen molar-refractivity contribution in [2.24, 2.45) is 0 Å². The van der Waals surface area contributed by atoms with Gasteiger partial charge in [0.15, 0.2) is 5.79 Å². The summed E-state index contributed by atoms with van der Waals surface area (Å²) in [5.74, 6) is -0.347. The molecule has 0 aromatic rings. The molecule has 3 heteroatoms. The summed E-state index contributed by atoms with van der Waals surface area (Å²) in [5, 5.41) is 10.4. The number of unbranched alkanes of at least 4 members (excludes halogenated alkanes) is 11. The van der Waals surface area contributed by atoms with Gasteiger partial charge >= 0.3 is 0 Å². The van der Waals surface area contributed by atoms with Gasteiger partial charge in [0, 0.05) is 12.8 Å². The predicted octanol–water partition coefficient (Wildman–Crippen LogP) is 6.51. The molecule has 0 radical (unpaired) electrons. The Kier molecular flexibility index (Phi) is 11.2. The molecule has 0 bridgehead atoms. The van der Waals surface area contributed by atoms with E-state index < -0.39 is 0 Å². The van der Waals surface area contributed by atoms with Gasteiger partial charge < -0.3 is 14.6 Å². The number of aliphatic hydroxyl groups excluding tert-OH is 1. The highest BCUT2D eigenvalue weighted by molar-refractivity contribution is 4.85. The first kappa shape index (κ1) is 22.2. The van der Waals surface area contributed by atoms with Gasteiger partial charge in [-0.15, -0.1) is 0 Å². The lowest BCUT2D eigenvalue weighted by Crippen LogP contribution is -2.36. The average Bonchev–Trinajstić information content (AvgIpc) is 3.06. The number of hydrogen-bond donors (Lipinski definition) is 1. The van der Waals surface area contributed by atoms with Gasteiger partial charge in [-0.2, -0.15) is 0 Å². The maximum atomic E-state index is 10.4. The summed E-state index contributed by atoms with van der Waals surface area (Å²) in [7, 11) is 0. The van der Waals surface area contributed by atoms with Crippen LogP contribution in [0.15, 0.2) is 0 Å². The summed E-state index contributed by atoms with van der Waals surface area (Å²) in [6, 6.07) is 0. The summed E-state index contributed by atoms with van der Waals surface area (Å²) in [6.45, 7) is 2.86. The minimum absolute atomic E-state index is 0.0965. The molecular weight excluding hydrogens is 324 g/mol. The highest BCUT2D eigenvalue weighted by Crippen LogP contribution is 2.38. The van der Waals surface area contributed by atoms with Crippen LogP contribution in [0.1, 0.15) is 122 Å². The Bertz CT molecular complexity index is 338. The largest absolute Gasteiger partial charge is 0.390 e. The van der Waals surface area contributed by atoms with Crippen LogP contribution in [0.4, 0.5) is 0 Å². The fourth-order valence-electron chi connectivity index (χ4n) is 4.50. The van der Waals surface area contributed by atoms with E-state index in [0.717, 1.165) is 25.7 Å². The van der Waals surface area contributed by atoms with Gasteiger partial charge in [0.2, 0.25) is 0 Å². The Balaban J connectivity index is 1.39. The van der Waals surface area contributed by atoms with Crippen LogP contribution < -0.4 is 0 Å². The van der Waals surface area contributed by atoms with E-state index in [9.17, 15) is 5.11 Å². The maximum absolute atomic E-state index is 10.4. The lowest BCUT2D eigenvalue weighted by molar-refractivity contribution is -0.195. The molecule has 0 aromatic carbocycles. The van der Waals surface area contributed by atoms with E-state index in [1.165, 1.54) is 89.9 Å². The van der Waals surface area contributed by atoms with E-state index in [1.807, 2.05) is 0 Å². The van der Waals surface area contributed by atoms with E-state index in [4.69, 9.17) is 9.47 Å². The molecule has 1 N–H and O–H groups in total. The Morgan fingerprint density at radius 2 is 1.35 bits per heavy atom. The molecule has 3 nitrogen and oxygen atoms in total. The molecule has 1 saturated heterocycles.